The number of rotatable bonds is 4. The van der Waals surface area contributed by atoms with Crippen LogP contribution in [0.4, 0.5) is 0 Å². The van der Waals surface area contributed by atoms with Crippen molar-refractivity contribution < 1.29 is 4.79 Å². The summed E-state index contributed by atoms with van der Waals surface area (Å²) < 4.78 is 1.78. The summed E-state index contributed by atoms with van der Waals surface area (Å²) in [6.07, 6.45) is 5.56. The van der Waals surface area contributed by atoms with Gasteiger partial charge < -0.3 is 5.32 Å². The fourth-order valence-corrected chi connectivity index (χ4v) is 3.47. The Hall–Kier alpha value is -3.28. The van der Waals surface area contributed by atoms with Crippen LogP contribution in [-0.2, 0) is 24.7 Å². The van der Waals surface area contributed by atoms with E-state index in [2.05, 4.69) is 17.0 Å². The molecule has 6 heteroatoms. The summed E-state index contributed by atoms with van der Waals surface area (Å²) in [5.41, 5.74) is 4.80. The summed E-state index contributed by atoms with van der Waals surface area (Å²) in [5.74, 6) is 0.538. The Kier molecular flexibility index (Phi) is 4.54. The van der Waals surface area contributed by atoms with Gasteiger partial charge in [-0.1, -0.05) is 36.9 Å². The molecule has 0 saturated carbocycles. The molecule has 0 saturated heterocycles. The first-order valence-corrected chi connectivity index (χ1v) is 9.02. The van der Waals surface area contributed by atoms with Crippen LogP contribution in [0.5, 0.6) is 0 Å². The van der Waals surface area contributed by atoms with E-state index in [1.54, 1.807) is 4.68 Å². The number of carbonyl (C=O) groups is 1. The highest BCUT2D eigenvalue weighted by Gasteiger charge is 2.26. The number of benzene rings is 1. The molecule has 2 aromatic heterocycles. The Morgan fingerprint density at radius 3 is 2.78 bits per heavy atom. The fourth-order valence-electron chi connectivity index (χ4n) is 3.47. The summed E-state index contributed by atoms with van der Waals surface area (Å²) >= 11 is 0. The molecule has 0 spiro atoms. The summed E-state index contributed by atoms with van der Waals surface area (Å²) in [6.45, 7) is 3.53. The van der Waals surface area contributed by atoms with Crippen molar-refractivity contribution in [2.24, 2.45) is 7.05 Å². The monoisotopic (exact) mass is 359 g/mol. The van der Waals surface area contributed by atoms with Gasteiger partial charge in [-0.3, -0.25) is 9.48 Å². The van der Waals surface area contributed by atoms with Crippen molar-refractivity contribution in [3.63, 3.8) is 0 Å². The van der Waals surface area contributed by atoms with Crippen LogP contribution in [0.25, 0.3) is 22.8 Å². The SMILES string of the molecule is C=CC(=O)NC1CCc2c(nc(-c3ccccc3)nc2-c2ccn(C)n2)C1. The molecule has 136 valence electrons. The predicted octanol–water partition coefficient (Wildman–Crippen LogP) is 2.70. The average molecular weight is 359 g/mol. The molecule has 0 bridgehead atoms. The molecule has 0 radical (unpaired) electrons. The maximum absolute atomic E-state index is 11.7. The van der Waals surface area contributed by atoms with Crippen LogP contribution in [0.2, 0.25) is 0 Å². The third-order valence-electron chi connectivity index (χ3n) is 4.80. The molecule has 1 unspecified atom stereocenters. The van der Waals surface area contributed by atoms with Crippen LogP contribution in [0.3, 0.4) is 0 Å². The van der Waals surface area contributed by atoms with Gasteiger partial charge in [-0.15, -0.1) is 0 Å². The lowest BCUT2D eigenvalue weighted by Gasteiger charge is -2.26. The molecule has 1 N–H and O–H groups in total. The maximum atomic E-state index is 11.7. The quantitative estimate of drug-likeness (QED) is 0.727. The molecule has 1 aliphatic rings. The van der Waals surface area contributed by atoms with Crippen LogP contribution in [0, 0.1) is 0 Å². The van der Waals surface area contributed by atoms with E-state index in [1.165, 1.54) is 6.08 Å². The molecule has 2 heterocycles. The average Bonchev–Trinajstić information content (AvgIpc) is 3.13. The molecule has 6 nitrogen and oxygen atoms in total. The van der Waals surface area contributed by atoms with Crippen molar-refractivity contribution in [2.75, 3.05) is 0 Å². The number of amides is 1. The molecule has 1 aliphatic carbocycles. The van der Waals surface area contributed by atoms with Gasteiger partial charge in [-0.25, -0.2) is 9.97 Å². The van der Waals surface area contributed by atoms with Gasteiger partial charge in [-0.05, 0) is 25.0 Å². The Balaban J connectivity index is 1.79. The predicted molar refractivity (Wildman–Crippen MR) is 104 cm³/mol. The van der Waals surface area contributed by atoms with E-state index in [0.717, 1.165) is 41.1 Å². The van der Waals surface area contributed by atoms with Gasteiger partial charge in [0, 0.05) is 36.8 Å². The minimum Gasteiger partial charge on any atom is -0.349 e. The van der Waals surface area contributed by atoms with Gasteiger partial charge >= 0.3 is 0 Å². The molecular weight excluding hydrogens is 338 g/mol. The smallest absolute Gasteiger partial charge is 0.243 e. The third-order valence-corrected chi connectivity index (χ3v) is 4.80. The summed E-state index contributed by atoms with van der Waals surface area (Å²) in [6, 6.07) is 12.0. The minimum absolute atomic E-state index is 0.0538. The number of fused-ring (bicyclic) bond motifs is 1. The van der Waals surface area contributed by atoms with Crippen molar-refractivity contribution in [1.29, 1.82) is 0 Å². The first-order valence-electron chi connectivity index (χ1n) is 9.02. The maximum Gasteiger partial charge on any atom is 0.243 e. The topological polar surface area (TPSA) is 72.7 Å². The zero-order valence-electron chi connectivity index (χ0n) is 15.2. The Bertz CT molecular complexity index is 993. The highest BCUT2D eigenvalue weighted by atomic mass is 16.1. The first-order chi connectivity index (χ1) is 13.1. The van der Waals surface area contributed by atoms with Crippen LogP contribution in [0.15, 0.2) is 55.3 Å². The molecule has 1 atom stereocenters. The van der Waals surface area contributed by atoms with Crippen molar-refractivity contribution in [3.8, 4) is 22.8 Å². The standard InChI is InChI=1S/C21H21N5O/c1-3-19(27)22-15-9-10-16-18(13-15)23-21(14-7-5-4-6-8-14)24-20(16)17-11-12-26(2)25-17/h3-8,11-12,15H,1,9-10,13H2,2H3,(H,22,27). The van der Waals surface area contributed by atoms with E-state index in [1.807, 2.05) is 49.6 Å². The summed E-state index contributed by atoms with van der Waals surface area (Å²) in [7, 11) is 1.90. The van der Waals surface area contributed by atoms with Gasteiger partial charge in [-0.2, -0.15) is 5.10 Å². The van der Waals surface area contributed by atoms with E-state index in [4.69, 9.17) is 9.97 Å². The number of carbonyl (C=O) groups excluding carboxylic acids is 1. The van der Waals surface area contributed by atoms with E-state index >= 15 is 0 Å². The van der Waals surface area contributed by atoms with Crippen LogP contribution in [-0.4, -0.2) is 31.7 Å². The Morgan fingerprint density at radius 2 is 2.07 bits per heavy atom. The lowest BCUT2D eigenvalue weighted by Crippen LogP contribution is -2.38. The zero-order chi connectivity index (χ0) is 18.8. The van der Waals surface area contributed by atoms with Crippen LogP contribution < -0.4 is 5.32 Å². The molecule has 0 aliphatic heterocycles. The number of aromatic nitrogens is 4. The van der Waals surface area contributed by atoms with Crippen molar-refractivity contribution in [2.45, 2.75) is 25.3 Å². The number of nitrogens with zero attached hydrogens (tertiary/aromatic N) is 4. The van der Waals surface area contributed by atoms with Gasteiger partial charge in [0.1, 0.15) is 5.69 Å². The Labute approximate surface area is 158 Å². The number of nitrogens with one attached hydrogen (secondary N) is 1. The lowest BCUT2D eigenvalue weighted by molar-refractivity contribution is -0.117. The second-order valence-corrected chi connectivity index (χ2v) is 6.71. The number of hydrogen-bond acceptors (Lipinski definition) is 4. The molecule has 1 amide bonds. The molecule has 27 heavy (non-hydrogen) atoms. The van der Waals surface area contributed by atoms with Crippen molar-refractivity contribution in [1.82, 2.24) is 25.1 Å². The van der Waals surface area contributed by atoms with E-state index < -0.39 is 0 Å². The van der Waals surface area contributed by atoms with Crippen LogP contribution >= 0.6 is 0 Å². The first kappa shape index (κ1) is 17.1. The Morgan fingerprint density at radius 1 is 1.26 bits per heavy atom. The van der Waals surface area contributed by atoms with Gasteiger partial charge in [0.15, 0.2) is 5.82 Å². The second kappa shape index (κ2) is 7.15. The van der Waals surface area contributed by atoms with Gasteiger partial charge in [0.2, 0.25) is 5.91 Å². The summed E-state index contributed by atoms with van der Waals surface area (Å²) in [5, 5.41) is 7.54. The molecule has 4 rings (SSSR count). The van der Waals surface area contributed by atoms with E-state index in [0.29, 0.717) is 12.2 Å². The largest absolute Gasteiger partial charge is 0.349 e. The van der Waals surface area contributed by atoms with Crippen molar-refractivity contribution >= 4 is 5.91 Å². The molecule has 1 aromatic carbocycles. The van der Waals surface area contributed by atoms with Gasteiger partial charge in [0.05, 0.1) is 11.4 Å². The lowest BCUT2D eigenvalue weighted by atomic mass is 9.89. The fraction of sp³-hybridized carbons (Fsp3) is 0.238. The van der Waals surface area contributed by atoms with Crippen molar-refractivity contribution in [3.05, 3.63) is 66.5 Å². The second-order valence-electron chi connectivity index (χ2n) is 6.71. The molecular formula is C21H21N5O. The van der Waals surface area contributed by atoms with E-state index in [-0.39, 0.29) is 11.9 Å². The molecule has 3 aromatic rings. The third kappa shape index (κ3) is 3.51. The zero-order valence-corrected chi connectivity index (χ0v) is 15.2. The van der Waals surface area contributed by atoms with Gasteiger partial charge in [0.25, 0.3) is 0 Å². The number of aryl methyl sites for hydroxylation is 1. The molecule has 0 fully saturated rings. The normalized spacial score (nSPS) is 15.8. The summed E-state index contributed by atoms with van der Waals surface area (Å²) in [4.78, 5) is 21.4. The minimum atomic E-state index is -0.147. The number of hydrogen-bond donors (Lipinski definition) is 1. The van der Waals surface area contributed by atoms with E-state index in [9.17, 15) is 4.79 Å². The van der Waals surface area contributed by atoms with Crippen LogP contribution in [0.1, 0.15) is 17.7 Å². The highest BCUT2D eigenvalue weighted by Crippen LogP contribution is 2.31. The highest BCUT2D eigenvalue weighted by molar-refractivity contribution is 5.87.